The minimum Gasteiger partial charge on any atom is -0.377 e. The molecule has 6 atom stereocenters. The summed E-state index contributed by atoms with van der Waals surface area (Å²) in [5, 5.41) is 11.2. The number of terminal acetylenes is 1. The van der Waals surface area contributed by atoms with E-state index in [1.807, 2.05) is 6.08 Å². The SMILES string of the molecule is C#C[C@]1(O)CCC2C3CCC4=CC(=O)CCC4[C@H]3C(=C)C[C@@]21CC. The fourth-order valence-corrected chi connectivity index (χ4v) is 6.90. The Morgan fingerprint density at radius 2 is 2.17 bits per heavy atom. The second-order valence-corrected chi connectivity index (χ2v) is 8.55. The van der Waals surface area contributed by atoms with Gasteiger partial charge in [-0.1, -0.05) is 30.6 Å². The lowest BCUT2D eigenvalue weighted by Crippen LogP contribution is -2.54. The molecular formula is C22H28O2. The molecule has 24 heavy (non-hydrogen) atoms. The molecule has 3 unspecified atom stereocenters. The molecule has 0 spiro atoms. The molecule has 4 aliphatic carbocycles. The molecule has 4 rings (SSSR count). The molecule has 0 radical (unpaired) electrons. The number of hydrogen-bond acceptors (Lipinski definition) is 2. The maximum atomic E-state index is 11.8. The zero-order chi connectivity index (χ0) is 17.1. The quantitative estimate of drug-likeness (QED) is 0.583. The first kappa shape index (κ1) is 16.2. The molecule has 0 saturated heterocycles. The van der Waals surface area contributed by atoms with E-state index in [1.54, 1.807) is 0 Å². The van der Waals surface area contributed by atoms with E-state index in [0.29, 0.717) is 35.9 Å². The highest BCUT2D eigenvalue weighted by molar-refractivity contribution is 5.91. The predicted molar refractivity (Wildman–Crippen MR) is 95.0 cm³/mol. The van der Waals surface area contributed by atoms with Crippen LogP contribution in [-0.2, 0) is 4.79 Å². The largest absolute Gasteiger partial charge is 0.377 e. The van der Waals surface area contributed by atoms with Crippen LogP contribution in [0.3, 0.4) is 0 Å². The maximum Gasteiger partial charge on any atom is 0.155 e. The van der Waals surface area contributed by atoms with E-state index in [2.05, 4.69) is 19.4 Å². The van der Waals surface area contributed by atoms with Gasteiger partial charge < -0.3 is 5.11 Å². The van der Waals surface area contributed by atoms with Crippen LogP contribution < -0.4 is 0 Å². The molecule has 0 heterocycles. The number of aliphatic hydroxyl groups is 1. The third-order valence-electron chi connectivity index (χ3n) is 7.94. The van der Waals surface area contributed by atoms with Gasteiger partial charge in [-0.2, -0.15) is 0 Å². The zero-order valence-corrected chi connectivity index (χ0v) is 14.7. The van der Waals surface area contributed by atoms with E-state index in [4.69, 9.17) is 6.42 Å². The Labute approximate surface area is 145 Å². The van der Waals surface area contributed by atoms with Crippen LogP contribution in [0.25, 0.3) is 0 Å². The second-order valence-electron chi connectivity index (χ2n) is 8.55. The van der Waals surface area contributed by atoms with Crippen LogP contribution in [-0.4, -0.2) is 16.5 Å². The minimum atomic E-state index is -0.973. The minimum absolute atomic E-state index is 0.189. The van der Waals surface area contributed by atoms with Crippen molar-refractivity contribution < 1.29 is 9.90 Å². The molecule has 4 aliphatic rings. The van der Waals surface area contributed by atoms with Crippen LogP contribution in [0.2, 0.25) is 0 Å². The van der Waals surface area contributed by atoms with Crippen LogP contribution in [0.4, 0.5) is 0 Å². The number of fused-ring (bicyclic) bond motifs is 5. The molecule has 0 bridgehead atoms. The van der Waals surface area contributed by atoms with Gasteiger partial charge in [0.05, 0.1) is 0 Å². The molecule has 2 heteroatoms. The van der Waals surface area contributed by atoms with Gasteiger partial charge in [0, 0.05) is 11.8 Å². The molecule has 3 saturated carbocycles. The number of carbonyl (C=O) groups excluding carboxylic acids is 1. The third kappa shape index (κ3) is 1.91. The van der Waals surface area contributed by atoms with E-state index < -0.39 is 5.60 Å². The normalized spacial score (nSPS) is 47.3. The number of hydrogen-bond donors (Lipinski definition) is 1. The third-order valence-corrected chi connectivity index (χ3v) is 7.94. The van der Waals surface area contributed by atoms with Crippen molar-refractivity contribution >= 4 is 5.78 Å². The molecule has 3 fully saturated rings. The summed E-state index contributed by atoms with van der Waals surface area (Å²) in [4.78, 5) is 11.8. The molecule has 0 aromatic rings. The molecule has 0 aliphatic heterocycles. The van der Waals surface area contributed by atoms with E-state index >= 15 is 0 Å². The highest BCUT2D eigenvalue weighted by Crippen LogP contribution is 2.67. The second kappa shape index (κ2) is 5.33. The van der Waals surface area contributed by atoms with E-state index in [0.717, 1.165) is 44.9 Å². The zero-order valence-electron chi connectivity index (χ0n) is 14.7. The molecule has 1 N–H and O–H groups in total. The first-order chi connectivity index (χ1) is 11.5. The standard InChI is InChI=1S/C22H28O2/c1-4-21-13-14(3)20-17-9-7-16(23)12-15(17)6-8-18(20)19(21)10-11-22(21,24)5-2/h2,12,17-20,24H,3-4,6-11,13H2,1H3/t17?,18?,19?,20-,21+,22+/m1/s1. The van der Waals surface area contributed by atoms with Gasteiger partial charge in [0.15, 0.2) is 5.78 Å². The van der Waals surface area contributed by atoms with Gasteiger partial charge in [-0.3, -0.25) is 4.79 Å². The first-order valence-electron chi connectivity index (χ1n) is 9.57. The smallest absolute Gasteiger partial charge is 0.155 e. The Bertz CT molecular complexity index is 666. The van der Waals surface area contributed by atoms with Gasteiger partial charge in [-0.15, -0.1) is 6.42 Å². The van der Waals surface area contributed by atoms with Gasteiger partial charge in [-0.25, -0.2) is 0 Å². The lowest BCUT2D eigenvalue weighted by Gasteiger charge is -2.56. The fraction of sp³-hybridized carbons (Fsp3) is 0.682. The topological polar surface area (TPSA) is 37.3 Å². The molecule has 0 aromatic heterocycles. The number of carbonyl (C=O) groups is 1. The molecule has 128 valence electrons. The summed E-state index contributed by atoms with van der Waals surface area (Å²) in [7, 11) is 0. The van der Waals surface area contributed by atoms with Gasteiger partial charge in [0.2, 0.25) is 0 Å². The van der Waals surface area contributed by atoms with Gasteiger partial charge in [0.25, 0.3) is 0 Å². The van der Waals surface area contributed by atoms with Gasteiger partial charge in [0.1, 0.15) is 5.60 Å². The first-order valence-corrected chi connectivity index (χ1v) is 9.57. The lowest BCUT2D eigenvalue weighted by atomic mass is 9.48. The summed E-state index contributed by atoms with van der Waals surface area (Å²) in [6.07, 6.45) is 15.1. The van der Waals surface area contributed by atoms with Crippen molar-refractivity contribution in [2.24, 2.45) is 29.1 Å². The summed E-state index contributed by atoms with van der Waals surface area (Å²) in [5.74, 6) is 5.13. The van der Waals surface area contributed by atoms with Crippen LogP contribution in [0.5, 0.6) is 0 Å². The van der Waals surface area contributed by atoms with E-state index in [9.17, 15) is 9.90 Å². The van der Waals surface area contributed by atoms with Crippen LogP contribution >= 0.6 is 0 Å². The van der Waals surface area contributed by atoms with Gasteiger partial charge in [-0.05, 0) is 74.7 Å². The molecule has 0 aromatic carbocycles. The van der Waals surface area contributed by atoms with Crippen molar-refractivity contribution in [3.8, 4) is 12.3 Å². The highest BCUT2D eigenvalue weighted by atomic mass is 16.3. The maximum absolute atomic E-state index is 11.8. The van der Waals surface area contributed by atoms with Crippen molar-refractivity contribution in [2.45, 2.75) is 63.9 Å². The van der Waals surface area contributed by atoms with Crippen molar-refractivity contribution in [3.05, 3.63) is 23.8 Å². The molecule has 2 nitrogen and oxygen atoms in total. The summed E-state index contributed by atoms with van der Waals surface area (Å²) in [6, 6.07) is 0. The van der Waals surface area contributed by atoms with Crippen molar-refractivity contribution in [2.75, 3.05) is 0 Å². The fourth-order valence-electron chi connectivity index (χ4n) is 6.90. The Balaban J connectivity index is 1.74. The monoisotopic (exact) mass is 324 g/mol. The lowest BCUT2D eigenvalue weighted by molar-refractivity contribution is -0.116. The van der Waals surface area contributed by atoms with E-state index in [1.165, 1.54) is 11.1 Å². The van der Waals surface area contributed by atoms with E-state index in [-0.39, 0.29) is 5.41 Å². The van der Waals surface area contributed by atoms with Crippen molar-refractivity contribution in [1.29, 1.82) is 0 Å². The van der Waals surface area contributed by atoms with Crippen LogP contribution in [0.15, 0.2) is 23.8 Å². The summed E-state index contributed by atoms with van der Waals surface area (Å²) < 4.78 is 0. The van der Waals surface area contributed by atoms with Crippen LogP contribution in [0.1, 0.15) is 58.3 Å². The Kier molecular flexibility index (Phi) is 3.59. The summed E-state index contributed by atoms with van der Waals surface area (Å²) in [5.41, 5.74) is 1.48. The highest BCUT2D eigenvalue weighted by Gasteiger charge is 2.64. The Morgan fingerprint density at radius 1 is 1.38 bits per heavy atom. The Hall–Kier alpha value is -1.33. The molecular weight excluding hydrogens is 296 g/mol. The number of rotatable bonds is 1. The van der Waals surface area contributed by atoms with Crippen molar-refractivity contribution in [1.82, 2.24) is 0 Å². The number of ketones is 1. The molecule has 0 amide bonds. The average Bonchev–Trinajstić information content (AvgIpc) is 2.88. The van der Waals surface area contributed by atoms with Crippen molar-refractivity contribution in [3.63, 3.8) is 0 Å². The summed E-state index contributed by atoms with van der Waals surface area (Å²) >= 11 is 0. The van der Waals surface area contributed by atoms with Crippen LogP contribution in [0, 0.1) is 41.4 Å². The Morgan fingerprint density at radius 3 is 2.88 bits per heavy atom. The number of allylic oxidation sites excluding steroid dienone is 2. The average molecular weight is 324 g/mol. The predicted octanol–water partition coefficient (Wildman–Crippen LogP) is 4.05. The summed E-state index contributed by atoms with van der Waals surface area (Å²) in [6.45, 7) is 6.65. The van der Waals surface area contributed by atoms with Gasteiger partial charge >= 0.3 is 0 Å².